The van der Waals surface area contributed by atoms with Crippen LogP contribution >= 0.6 is 0 Å². The van der Waals surface area contributed by atoms with E-state index in [1.165, 1.54) is 0 Å². The van der Waals surface area contributed by atoms with Gasteiger partial charge in [-0.25, -0.2) is 4.79 Å². The number of anilines is 1. The molecule has 0 saturated carbocycles. The van der Waals surface area contributed by atoms with E-state index in [1.807, 2.05) is 0 Å². The van der Waals surface area contributed by atoms with Gasteiger partial charge < -0.3 is 21.1 Å². The number of rotatable bonds is 5. The molecule has 4 N–H and O–H groups in total. The summed E-state index contributed by atoms with van der Waals surface area (Å²) in [5.41, 5.74) is 7.07. The fourth-order valence-corrected chi connectivity index (χ4v) is 1.84. The third-order valence-corrected chi connectivity index (χ3v) is 3.03. The highest BCUT2D eigenvalue weighted by atomic mass is 16.5. The van der Waals surface area contributed by atoms with Gasteiger partial charge in [0.2, 0.25) is 0 Å². The van der Waals surface area contributed by atoms with Gasteiger partial charge in [-0.15, -0.1) is 0 Å². The molecule has 0 aliphatic carbocycles. The molecule has 6 heteroatoms. The molecule has 2 aromatic carbocycles. The lowest BCUT2D eigenvalue weighted by Crippen LogP contribution is -2.28. The van der Waals surface area contributed by atoms with Crippen LogP contribution in [0.25, 0.3) is 0 Å². The largest absolute Gasteiger partial charge is 0.497 e. The van der Waals surface area contributed by atoms with Gasteiger partial charge in [-0.2, -0.15) is 0 Å². The van der Waals surface area contributed by atoms with Crippen molar-refractivity contribution in [2.45, 2.75) is 6.54 Å². The van der Waals surface area contributed by atoms with Crippen LogP contribution in [0.2, 0.25) is 0 Å². The summed E-state index contributed by atoms with van der Waals surface area (Å²) in [7, 11) is 1.59. The predicted octanol–water partition coefficient (Wildman–Crippen LogP) is 2.12. The van der Waals surface area contributed by atoms with Gasteiger partial charge in [-0.05, 0) is 42.0 Å². The van der Waals surface area contributed by atoms with E-state index in [0.29, 0.717) is 17.8 Å². The Labute approximate surface area is 128 Å². The van der Waals surface area contributed by atoms with E-state index in [2.05, 4.69) is 10.6 Å². The topological polar surface area (TPSA) is 93.4 Å². The van der Waals surface area contributed by atoms with Crippen molar-refractivity contribution in [3.63, 3.8) is 0 Å². The van der Waals surface area contributed by atoms with Gasteiger partial charge >= 0.3 is 6.03 Å². The minimum absolute atomic E-state index is 0.209. The van der Waals surface area contributed by atoms with Crippen molar-refractivity contribution in [2.24, 2.45) is 5.73 Å². The van der Waals surface area contributed by atoms with Crippen LogP contribution in [0, 0.1) is 0 Å². The quantitative estimate of drug-likeness (QED) is 0.789. The molecule has 2 rings (SSSR count). The molecule has 0 aliphatic heterocycles. The number of methoxy groups -OCH3 is 1. The molecule has 22 heavy (non-hydrogen) atoms. The molecule has 0 spiro atoms. The molecule has 2 aromatic rings. The van der Waals surface area contributed by atoms with Gasteiger partial charge in [-0.3, -0.25) is 4.79 Å². The van der Waals surface area contributed by atoms with Gasteiger partial charge in [0.25, 0.3) is 5.91 Å². The fourth-order valence-electron chi connectivity index (χ4n) is 1.84. The molecule has 0 aliphatic rings. The molecule has 0 unspecified atom stereocenters. The van der Waals surface area contributed by atoms with Crippen LogP contribution in [-0.2, 0) is 6.54 Å². The third-order valence-electron chi connectivity index (χ3n) is 3.03. The van der Waals surface area contributed by atoms with E-state index in [0.717, 1.165) is 11.3 Å². The second-order valence-electron chi connectivity index (χ2n) is 4.60. The zero-order valence-electron chi connectivity index (χ0n) is 12.1. The number of benzene rings is 2. The highest BCUT2D eigenvalue weighted by Crippen LogP contribution is 2.16. The van der Waals surface area contributed by atoms with Gasteiger partial charge in [0.1, 0.15) is 5.75 Å². The van der Waals surface area contributed by atoms with Gasteiger partial charge in [0, 0.05) is 17.8 Å². The van der Waals surface area contributed by atoms with Crippen LogP contribution in [0.15, 0.2) is 48.5 Å². The van der Waals surface area contributed by atoms with Crippen LogP contribution < -0.4 is 21.1 Å². The van der Waals surface area contributed by atoms with Crippen molar-refractivity contribution in [1.82, 2.24) is 5.32 Å². The smallest absolute Gasteiger partial charge is 0.312 e. The monoisotopic (exact) mass is 299 g/mol. The molecule has 0 fully saturated rings. The Balaban J connectivity index is 1.98. The Kier molecular flexibility index (Phi) is 4.98. The summed E-state index contributed by atoms with van der Waals surface area (Å²) < 4.78 is 5.06. The van der Waals surface area contributed by atoms with Crippen molar-refractivity contribution in [1.29, 1.82) is 0 Å². The van der Waals surface area contributed by atoms with Crippen molar-refractivity contribution >= 4 is 17.6 Å². The fraction of sp³-hybridized carbons (Fsp3) is 0.125. The zero-order chi connectivity index (χ0) is 15.9. The maximum absolute atomic E-state index is 12.1. The number of carbonyl (C=O) groups is 2. The SMILES string of the molecule is COc1ccc(NC(=O)c2ccc(CNC(N)=O)cc2)cc1. The maximum Gasteiger partial charge on any atom is 0.312 e. The van der Waals surface area contributed by atoms with Crippen molar-refractivity contribution in [3.05, 3.63) is 59.7 Å². The number of amides is 3. The van der Waals surface area contributed by atoms with Crippen LogP contribution in [-0.4, -0.2) is 19.0 Å². The maximum atomic E-state index is 12.1. The van der Waals surface area contributed by atoms with Crippen molar-refractivity contribution < 1.29 is 14.3 Å². The average Bonchev–Trinajstić information content (AvgIpc) is 2.54. The van der Waals surface area contributed by atoms with Crippen LogP contribution in [0.4, 0.5) is 10.5 Å². The van der Waals surface area contributed by atoms with E-state index in [4.69, 9.17) is 10.5 Å². The molecule has 0 radical (unpaired) electrons. The van der Waals surface area contributed by atoms with E-state index in [9.17, 15) is 9.59 Å². The molecule has 3 amide bonds. The minimum atomic E-state index is -0.582. The predicted molar refractivity (Wildman–Crippen MR) is 83.8 cm³/mol. The minimum Gasteiger partial charge on any atom is -0.497 e. The molecule has 0 saturated heterocycles. The second-order valence-corrected chi connectivity index (χ2v) is 4.60. The third kappa shape index (κ3) is 4.24. The first-order valence-corrected chi connectivity index (χ1v) is 6.66. The summed E-state index contributed by atoms with van der Waals surface area (Å²) >= 11 is 0. The summed E-state index contributed by atoms with van der Waals surface area (Å²) in [6.07, 6.45) is 0. The lowest BCUT2D eigenvalue weighted by Gasteiger charge is -2.07. The molecule has 0 atom stereocenters. The summed E-state index contributed by atoms with van der Waals surface area (Å²) in [6, 6.07) is 13.4. The average molecular weight is 299 g/mol. The van der Waals surface area contributed by atoms with Crippen molar-refractivity contribution in [2.75, 3.05) is 12.4 Å². The molecular weight excluding hydrogens is 282 g/mol. The van der Waals surface area contributed by atoms with Gasteiger partial charge in [0.05, 0.1) is 7.11 Å². The van der Waals surface area contributed by atoms with E-state index < -0.39 is 6.03 Å². The first-order valence-electron chi connectivity index (χ1n) is 6.66. The lowest BCUT2D eigenvalue weighted by molar-refractivity contribution is 0.102. The summed E-state index contributed by atoms with van der Waals surface area (Å²) in [5.74, 6) is 0.517. The lowest BCUT2D eigenvalue weighted by atomic mass is 10.1. The Bertz CT molecular complexity index is 651. The Morgan fingerprint density at radius 2 is 1.68 bits per heavy atom. The second kappa shape index (κ2) is 7.12. The summed E-state index contributed by atoms with van der Waals surface area (Å²) in [5, 5.41) is 5.28. The molecular formula is C16H17N3O3. The molecule has 0 bridgehead atoms. The number of urea groups is 1. The number of nitrogens with one attached hydrogen (secondary N) is 2. The van der Waals surface area contributed by atoms with E-state index in [-0.39, 0.29) is 5.91 Å². The first kappa shape index (κ1) is 15.4. The van der Waals surface area contributed by atoms with Crippen molar-refractivity contribution in [3.8, 4) is 5.75 Å². The highest BCUT2D eigenvalue weighted by Gasteiger charge is 2.06. The van der Waals surface area contributed by atoms with Crippen LogP contribution in [0.3, 0.4) is 0 Å². The number of carbonyl (C=O) groups excluding carboxylic acids is 2. The van der Waals surface area contributed by atoms with E-state index in [1.54, 1.807) is 55.6 Å². The number of hydrogen-bond donors (Lipinski definition) is 3. The first-order chi connectivity index (χ1) is 10.6. The standard InChI is InChI=1S/C16H17N3O3/c1-22-14-8-6-13(7-9-14)19-15(20)12-4-2-11(3-5-12)10-18-16(17)21/h2-9H,10H2,1H3,(H,19,20)(H3,17,18,21). The number of ether oxygens (including phenoxy) is 1. The normalized spacial score (nSPS) is 9.86. The highest BCUT2D eigenvalue weighted by molar-refractivity contribution is 6.04. The molecule has 114 valence electrons. The van der Waals surface area contributed by atoms with Gasteiger partial charge in [-0.1, -0.05) is 12.1 Å². The zero-order valence-corrected chi connectivity index (χ0v) is 12.1. The molecule has 6 nitrogen and oxygen atoms in total. The van der Waals surface area contributed by atoms with Gasteiger partial charge in [0.15, 0.2) is 0 Å². The number of primary amides is 1. The Morgan fingerprint density at radius 1 is 1.05 bits per heavy atom. The van der Waals surface area contributed by atoms with Crippen LogP contribution in [0.1, 0.15) is 15.9 Å². The number of nitrogens with two attached hydrogens (primary N) is 1. The Hall–Kier alpha value is -3.02. The van der Waals surface area contributed by atoms with E-state index >= 15 is 0 Å². The summed E-state index contributed by atoms with van der Waals surface area (Å²) in [6.45, 7) is 0.329. The number of hydrogen-bond acceptors (Lipinski definition) is 3. The van der Waals surface area contributed by atoms with Crippen LogP contribution in [0.5, 0.6) is 5.75 Å². The summed E-state index contributed by atoms with van der Waals surface area (Å²) in [4.78, 5) is 22.7. The molecule has 0 aromatic heterocycles. The molecule has 0 heterocycles. The Morgan fingerprint density at radius 3 is 2.23 bits per heavy atom.